The first-order valence-electron chi connectivity index (χ1n) is 4.35. The zero-order chi connectivity index (χ0) is 12.3. The van der Waals surface area contributed by atoms with Gasteiger partial charge in [0, 0.05) is 19.1 Å². The van der Waals surface area contributed by atoms with Crippen LogP contribution in [0.25, 0.3) is 0 Å². The smallest absolute Gasteiger partial charge is 0.333 e. The van der Waals surface area contributed by atoms with Gasteiger partial charge in [-0.15, -0.1) is 0 Å². The maximum Gasteiger partial charge on any atom is 0.333 e. The second-order valence-electron chi connectivity index (χ2n) is 3.09. The molecule has 0 aliphatic heterocycles. The molecule has 1 atom stereocenters. The summed E-state index contributed by atoms with van der Waals surface area (Å²) >= 11 is 0. The second-order valence-corrected chi connectivity index (χ2v) is 3.09. The van der Waals surface area contributed by atoms with Crippen LogP contribution in [0.1, 0.15) is 5.56 Å². The summed E-state index contributed by atoms with van der Waals surface area (Å²) in [4.78, 5) is 10.6. The molecule has 6 heteroatoms. The van der Waals surface area contributed by atoms with E-state index in [1.54, 1.807) is 0 Å². The van der Waals surface area contributed by atoms with Crippen molar-refractivity contribution in [3.05, 3.63) is 35.1 Å². The highest BCUT2D eigenvalue weighted by atomic mass is 19.2. The first-order chi connectivity index (χ1) is 7.47. The zero-order valence-corrected chi connectivity index (χ0v) is 8.34. The lowest BCUT2D eigenvalue weighted by Gasteiger charge is -2.11. The summed E-state index contributed by atoms with van der Waals surface area (Å²) in [7, 11) is 1.09. The Hall–Kier alpha value is -1.56. The highest BCUT2D eigenvalue weighted by Crippen LogP contribution is 2.18. The Bertz CT molecular complexity index is 407. The molecule has 1 N–H and O–H groups in total. The van der Waals surface area contributed by atoms with Crippen LogP contribution in [0.3, 0.4) is 0 Å². The molecule has 0 aliphatic carbocycles. The van der Waals surface area contributed by atoms with Crippen molar-refractivity contribution in [2.24, 2.45) is 0 Å². The summed E-state index contributed by atoms with van der Waals surface area (Å²) in [5.41, 5.74) is -0.630. The van der Waals surface area contributed by atoms with Crippen LogP contribution in [0.5, 0.6) is 0 Å². The Balaban J connectivity index is 3.04. The molecule has 0 aromatic heterocycles. The normalized spacial score (nSPS) is 12.5. The van der Waals surface area contributed by atoms with Crippen LogP contribution in [0.2, 0.25) is 0 Å². The van der Waals surface area contributed by atoms with Gasteiger partial charge in [0.2, 0.25) is 0 Å². The predicted octanol–water partition coefficient (Wildman–Crippen LogP) is 1.75. The summed E-state index contributed by atoms with van der Waals surface area (Å²) in [5, 5.41) is 8.62. The molecule has 0 radical (unpaired) electrons. The maximum absolute atomic E-state index is 13.2. The average molecular weight is 234 g/mol. The Labute approximate surface area is 89.5 Å². The van der Waals surface area contributed by atoms with Crippen LogP contribution >= 0.6 is 0 Å². The first-order valence-corrected chi connectivity index (χ1v) is 4.35. The van der Waals surface area contributed by atoms with Gasteiger partial charge in [-0.2, -0.15) is 0 Å². The molecule has 0 bridgehead atoms. The van der Waals surface area contributed by atoms with Gasteiger partial charge in [0.05, 0.1) is 0 Å². The van der Waals surface area contributed by atoms with Crippen molar-refractivity contribution in [2.75, 3.05) is 7.11 Å². The average Bonchev–Trinajstić information content (AvgIpc) is 2.23. The van der Waals surface area contributed by atoms with Gasteiger partial charge in [-0.25, -0.2) is 18.0 Å². The number of aliphatic carboxylic acids is 1. The Morgan fingerprint density at radius 3 is 2.44 bits per heavy atom. The van der Waals surface area contributed by atoms with E-state index < -0.39 is 41.5 Å². The number of halogens is 3. The van der Waals surface area contributed by atoms with Gasteiger partial charge in [-0.3, -0.25) is 0 Å². The van der Waals surface area contributed by atoms with Crippen molar-refractivity contribution in [3.63, 3.8) is 0 Å². The van der Waals surface area contributed by atoms with Crippen LogP contribution in [0, 0.1) is 17.5 Å². The van der Waals surface area contributed by atoms with Gasteiger partial charge >= 0.3 is 5.97 Å². The molecule has 0 amide bonds. The molecule has 88 valence electrons. The molecule has 1 rings (SSSR count). The van der Waals surface area contributed by atoms with Crippen molar-refractivity contribution in [2.45, 2.75) is 12.5 Å². The molecule has 0 fully saturated rings. The molecule has 0 saturated heterocycles. The van der Waals surface area contributed by atoms with Gasteiger partial charge in [0.1, 0.15) is 5.82 Å². The van der Waals surface area contributed by atoms with E-state index in [1.807, 2.05) is 0 Å². The Kier molecular flexibility index (Phi) is 3.89. The summed E-state index contributed by atoms with van der Waals surface area (Å²) in [5.74, 6) is -4.98. The largest absolute Gasteiger partial charge is 0.479 e. The molecule has 0 spiro atoms. The van der Waals surface area contributed by atoms with Gasteiger partial charge in [-0.1, -0.05) is 0 Å². The number of benzene rings is 1. The lowest BCUT2D eigenvalue weighted by atomic mass is 10.1. The fourth-order valence-corrected chi connectivity index (χ4v) is 1.21. The molecule has 1 aromatic rings. The second kappa shape index (κ2) is 4.98. The number of hydrogen-bond donors (Lipinski definition) is 1. The highest BCUT2D eigenvalue weighted by molar-refractivity contribution is 5.72. The molecule has 1 unspecified atom stereocenters. The van der Waals surface area contributed by atoms with Gasteiger partial charge in [0.15, 0.2) is 17.7 Å². The number of rotatable bonds is 4. The minimum absolute atomic E-state index is 0.568. The van der Waals surface area contributed by atoms with E-state index in [1.165, 1.54) is 0 Å². The minimum atomic E-state index is -1.41. The monoisotopic (exact) mass is 234 g/mol. The van der Waals surface area contributed by atoms with E-state index in [9.17, 15) is 18.0 Å². The van der Waals surface area contributed by atoms with Crippen molar-refractivity contribution in [1.29, 1.82) is 0 Å². The van der Waals surface area contributed by atoms with Gasteiger partial charge < -0.3 is 9.84 Å². The van der Waals surface area contributed by atoms with E-state index in [0.29, 0.717) is 6.07 Å². The van der Waals surface area contributed by atoms with Crippen molar-refractivity contribution in [1.82, 2.24) is 0 Å². The number of ether oxygens (including phenoxy) is 1. The molecule has 1 aromatic carbocycles. The van der Waals surface area contributed by atoms with Crippen LogP contribution < -0.4 is 0 Å². The third-order valence-corrected chi connectivity index (χ3v) is 2.09. The molecule has 0 heterocycles. The van der Waals surface area contributed by atoms with Crippen LogP contribution in [-0.2, 0) is 16.0 Å². The van der Waals surface area contributed by atoms with Gasteiger partial charge in [-0.05, 0) is 12.1 Å². The number of carboxylic acid groups (broad SMARTS) is 1. The van der Waals surface area contributed by atoms with E-state index >= 15 is 0 Å². The lowest BCUT2D eigenvalue weighted by Crippen LogP contribution is -2.26. The third-order valence-electron chi connectivity index (χ3n) is 2.09. The molecule has 0 saturated carbocycles. The molecular weight excluding hydrogens is 225 g/mol. The Morgan fingerprint density at radius 2 is 1.94 bits per heavy atom. The fourth-order valence-electron chi connectivity index (χ4n) is 1.21. The third kappa shape index (κ3) is 2.52. The van der Waals surface area contributed by atoms with Crippen molar-refractivity contribution >= 4 is 5.97 Å². The van der Waals surface area contributed by atoms with Crippen LogP contribution in [0.4, 0.5) is 13.2 Å². The molecular formula is C10H9F3O3. The summed E-state index contributed by atoms with van der Waals surface area (Å²) in [6.45, 7) is 0. The minimum Gasteiger partial charge on any atom is -0.479 e. The first kappa shape index (κ1) is 12.5. The van der Waals surface area contributed by atoms with E-state index in [-0.39, 0.29) is 0 Å². The topological polar surface area (TPSA) is 46.5 Å². The highest BCUT2D eigenvalue weighted by Gasteiger charge is 2.23. The number of hydrogen-bond acceptors (Lipinski definition) is 2. The summed E-state index contributed by atoms with van der Waals surface area (Å²) in [6.07, 6.45) is -1.98. The molecule has 0 aliphatic rings. The summed E-state index contributed by atoms with van der Waals surface area (Å²) in [6, 6.07) is 1.37. The summed E-state index contributed by atoms with van der Waals surface area (Å²) < 4.78 is 43.6. The van der Waals surface area contributed by atoms with Crippen LogP contribution in [0.15, 0.2) is 12.1 Å². The SMILES string of the molecule is COC(Cc1c(F)ccc(F)c1F)C(=O)O. The van der Waals surface area contributed by atoms with E-state index in [0.717, 1.165) is 13.2 Å². The molecule has 16 heavy (non-hydrogen) atoms. The number of methoxy groups -OCH3 is 1. The van der Waals surface area contributed by atoms with Crippen LogP contribution in [-0.4, -0.2) is 24.3 Å². The number of carbonyl (C=O) groups is 1. The fraction of sp³-hybridized carbons (Fsp3) is 0.300. The number of carboxylic acids is 1. The van der Waals surface area contributed by atoms with Crippen molar-refractivity contribution in [3.8, 4) is 0 Å². The van der Waals surface area contributed by atoms with Crippen molar-refractivity contribution < 1.29 is 27.8 Å². The van der Waals surface area contributed by atoms with Gasteiger partial charge in [0.25, 0.3) is 0 Å². The predicted molar refractivity (Wildman–Crippen MR) is 48.5 cm³/mol. The lowest BCUT2D eigenvalue weighted by molar-refractivity contribution is -0.148. The quantitative estimate of drug-likeness (QED) is 0.807. The maximum atomic E-state index is 13.2. The van der Waals surface area contributed by atoms with E-state index in [2.05, 4.69) is 4.74 Å². The Morgan fingerprint density at radius 1 is 1.38 bits per heavy atom. The molecule has 3 nitrogen and oxygen atoms in total. The zero-order valence-electron chi connectivity index (χ0n) is 8.34. The standard InChI is InChI=1S/C10H9F3O3/c1-16-8(10(14)15)4-5-6(11)2-3-7(12)9(5)13/h2-3,8H,4H2,1H3,(H,14,15). The van der Waals surface area contributed by atoms with E-state index in [4.69, 9.17) is 5.11 Å².